The third-order valence-electron chi connectivity index (χ3n) is 8.15. The largest absolute Gasteiger partial charge is 0.373 e. The van der Waals surface area contributed by atoms with Gasteiger partial charge in [0.05, 0.1) is 18.4 Å². The number of H-pyrrole nitrogens is 1. The molecule has 2 aromatic carbocycles. The van der Waals surface area contributed by atoms with Crippen molar-refractivity contribution in [3.8, 4) is 22.6 Å². The summed E-state index contributed by atoms with van der Waals surface area (Å²) in [6.45, 7) is 2.60. The predicted octanol–water partition coefficient (Wildman–Crippen LogP) is 5.56. The molecule has 0 spiro atoms. The van der Waals surface area contributed by atoms with Gasteiger partial charge >= 0.3 is 0 Å². The van der Waals surface area contributed by atoms with Crippen LogP contribution < -0.4 is 4.90 Å². The molecule has 4 aromatic rings. The lowest BCUT2D eigenvalue weighted by molar-refractivity contribution is 0.0146. The van der Waals surface area contributed by atoms with E-state index < -0.39 is 0 Å². The van der Waals surface area contributed by atoms with Gasteiger partial charge in [0, 0.05) is 34.7 Å². The second kappa shape index (κ2) is 9.06. The van der Waals surface area contributed by atoms with Crippen LogP contribution in [-0.2, 0) is 11.3 Å². The van der Waals surface area contributed by atoms with E-state index in [1.165, 1.54) is 11.6 Å². The molecule has 0 radical (unpaired) electrons. The van der Waals surface area contributed by atoms with Crippen molar-refractivity contribution in [2.75, 3.05) is 4.90 Å². The molecule has 2 aromatic heterocycles. The van der Waals surface area contributed by atoms with Crippen LogP contribution in [0.3, 0.4) is 0 Å². The number of aromatic nitrogens is 5. The van der Waals surface area contributed by atoms with Crippen LogP contribution in [0.25, 0.3) is 22.6 Å². The molecule has 2 bridgehead atoms. The van der Waals surface area contributed by atoms with Crippen LogP contribution in [0.5, 0.6) is 0 Å². The Morgan fingerprint density at radius 3 is 2.59 bits per heavy atom. The molecule has 2 aliphatic heterocycles. The zero-order valence-electron chi connectivity index (χ0n) is 20.7. The van der Waals surface area contributed by atoms with E-state index in [-0.39, 0.29) is 24.0 Å². The summed E-state index contributed by atoms with van der Waals surface area (Å²) < 4.78 is 27.6. The molecule has 37 heavy (non-hydrogen) atoms. The zero-order chi connectivity index (χ0) is 24.9. The average Bonchev–Trinajstić information content (AvgIpc) is 3.31. The van der Waals surface area contributed by atoms with Crippen LogP contribution >= 0.6 is 0 Å². The van der Waals surface area contributed by atoms with E-state index in [9.17, 15) is 0 Å². The van der Waals surface area contributed by atoms with Gasteiger partial charge in [-0.25, -0.2) is 4.39 Å². The Labute approximate surface area is 214 Å². The molecule has 3 aliphatic rings. The number of piperidine rings is 1. The van der Waals surface area contributed by atoms with Gasteiger partial charge in [0.25, 0.3) is 0 Å². The van der Waals surface area contributed by atoms with Crippen molar-refractivity contribution in [2.24, 2.45) is 0 Å². The Kier molecular flexibility index (Phi) is 5.53. The van der Waals surface area contributed by atoms with E-state index in [1.54, 1.807) is 0 Å². The third kappa shape index (κ3) is 4.11. The van der Waals surface area contributed by atoms with Gasteiger partial charge < -0.3 is 14.2 Å². The number of anilines is 1. The summed E-state index contributed by atoms with van der Waals surface area (Å²) >= 11 is 0. The Hall–Kier alpha value is -3.59. The van der Waals surface area contributed by atoms with Gasteiger partial charge in [-0.15, -0.1) is 10.2 Å². The van der Waals surface area contributed by atoms with Crippen LogP contribution in [0.4, 0.5) is 10.1 Å². The summed E-state index contributed by atoms with van der Waals surface area (Å²) in [7, 11) is 0. The highest BCUT2D eigenvalue weighted by Crippen LogP contribution is 2.46. The fraction of sp³-hybridized carbons (Fsp3) is 0.429. The SMILES string of the molecule is Cc1ccccc1-c1noc(C2CC2)c1COC1CC2CC[C@@H](C1)N2c1ccc(-c2nn[nH]n2)cc1F. The van der Waals surface area contributed by atoms with Crippen molar-refractivity contribution in [3.63, 3.8) is 0 Å². The maximum atomic E-state index is 15.2. The lowest BCUT2D eigenvalue weighted by Crippen LogP contribution is -2.46. The quantitative estimate of drug-likeness (QED) is 0.355. The Bertz CT molecular complexity index is 1400. The van der Waals surface area contributed by atoms with Gasteiger partial charge in [-0.05, 0) is 74.4 Å². The first-order valence-electron chi connectivity index (χ1n) is 13.1. The first kappa shape index (κ1) is 22.6. The van der Waals surface area contributed by atoms with Crippen LogP contribution in [-0.4, -0.2) is 44.0 Å². The van der Waals surface area contributed by atoms with Crippen LogP contribution in [0.1, 0.15) is 61.3 Å². The first-order valence-corrected chi connectivity index (χ1v) is 13.1. The summed E-state index contributed by atoms with van der Waals surface area (Å²) in [5.41, 5.74) is 5.55. The predicted molar refractivity (Wildman–Crippen MR) is 135 cm³/mol. The lowest BCUT2D eigenvalue weighted by Gasteiger charge is -2.40. The van der Waals surface area contributed by atoms with Crippen LogP contribution in [0, 0.1) is 12.7 Å². The molecule has 0 amide bonds. The Morgan fingerprint density at radius 2 is 1.89 bits per heavy atom. The molecule has 2 unspecified atom stereocenters. The highest BCUT2D eigenvalue weighted by atomic mass is 19.1. The van der Waals surface area contributed by atoms with Gasteiger partial charge in [-0.1, -0.05) is 29.4 Å². The molecule has 4 heterocycles. The average molecular weight is 501 g/mol. The summed E-state index contributed by atoms with van der Waals surface area (Å²) in [6, 6.07) is 14.0. The van der Waals surface area contributed by atoms with Crippen molar-refractivity contribution >= 4 is 5.69 Å². The highest BCUT2D eigenvalue weighted by molar-refractivity contribution is 5.67. The number of ether oxygens (including phenoxy) is 1. The Balaban J connectivity index is 1.08. The minimum Gasteiger partial charge on any atom is -0.373 e. The van der Waals surface area contributed by atoms with E-state index in [1.807, 2.05) is 24.3 Å². The normalized spacial score (nSPS) is 23.1. The van der Waals surface area contributed by atoms with Gasteiger partial charge in [-0.2, -0.15) is 5.21 Å². The number of rotatable bonds is 7. The molecule has 1 saturated carbocycles. The second-order valence-electron chi connectivity index (χ2n) is 10.6. The number of aryl methyl sites for hydroxylation is 1. The first-order chi connectivity index (χ1) is 18.2. The molecular formula is C28H29FN6O2. The van der Waals surface area contributed by atoms with Crippen LogP contribution in [0.2, 0.25) is 0 Å². The molecule has 190 valence electrons. The molecule has 8 nitrogen and oxygen atoms in total. The number of benzene rings is 2. The van der Waals surface area contributed by atoms with Gasteiger partial charge in [0.2, 0.25) is 5.82 Å². The molecule has 9 heteroatoms. The maximum absolute atomic E-state index is 15.2. The molecule has 1 aliphatic carbocycles. The number of aromatic amines is 1. The van der Waals surface area contributed by atoms with E-state index in [0.717, 1.165) is 61.1 Å². The maximum Gasteiger partial charge on any atom is 0.204 e. The van der Waals surface area contributed by atoms with Crippen molar-refractivity contribution in [2.45, 2.75) is 76.2 Å². The topological polar surface area (TPSA) is 93.0 Å². The number of tetrazole rings is 1. The standard InChI is InChI=1S/C28H29FN6O2/c1-16-4-2-3-5-22(16)26-23(27(37-32-26)17-6-7-17)15-36-21-13-19-9-10-20(14-21)35(19)25-11-8-18(12-24(25)29)28-30-33-34-31-28/h2-5,8,11-12,17,19-21H,6-7,9-10,13-15H2,1H3,(H,30,31,33,34)/t19-,20?,21?/m0/s1. The van der Waals surface area contributed by atoms with Crippen molar-refractivity contribution in [3.05, 3.63) is 65.2 Å². The van der Waals surface area contributed by atoms with E-state index in [2.05, 4.69) is 49.7 Å². The second-order valence-corrected chi connectivity index (χ2v) is 10.6. The number of nitrogens with one attached hydrogen (secondary N) is 1. The highest BCUT2D eigenvalue weighted by Gasteiger charge is 2.42. The van der Waals surface area contributed by atoms with E-state index in [4.69, 9.17) is 9.26 Å². The van der Waals surface area contributed by atoms with Crippen LogP contribution in [0.15, 0.2) is 47.0 Å². The Morgan fingerprint density at radius 1 is 1.08 bits per heavy atom. The fourth-order valence-corrected chi connectivity index (χ4v) is 6.18. The minimum atomic E-state index is -0.250. The lowest BCUT2D eigenvalue weighted by atomic mass is 9.97. The molecule has 3 fully saturated rings. The number of nitrogens with zero attached hydrogens (tertiary/aromatic N) is 5. The van der Waals surface area contributed by atoms with E-state index >= 15 is 4.39 Å². The molecule has 3 atom stereocenters. The molecule has 1 N–H and O–H groups in total. The van der Waals surface area contributed by atoms with Gasteiger partial charge in [0.15, 0.2) is 0 Å². The third-order valence-corrected chi connectivity index (χ3v) is 8.15. The number of fused-ring (bicyclic) bond motifs is 2. The monoisotopic (exact) mass is 500 g/mol. The van der Waals surface area contributed by atoms with Crippen molar-refractivity contribution in [1.29, 1.82) is 0 Å². The smallest absolute Gasteiger partial charge is 0.204 e. The number of halogens is 1. The zero-order valence-corrected chi connectivity index (χ0v) is 20.7. The fourth-order valence-electron chi connectivity index (χ4n) is 6.18. The molecule has 2 saturated heterocycles. The summed E-state index contributed by atoms with van der Waals surface area (Å²) in [5, 5.41) is 18.4. The molecular weight excluding hydrogens is 471 g/mol. The number of hydrogen-bond donors (Lipinski definition) is 1. The van der Waals surface area contributed by atoms with Crippen molar-refractivity contribution in [1.82, 2.24) is 25.8 Å². The van der Waals surface area contributed by atoms with Gasteiger partial charge in [-0.3, -0.25) is 0 Å². The number of hydrogen-bond acceptors (Lipinski definition) is 7. The van der Waals surface area contributed by atoms with Gasteiger partial charge in [0.1, 0.15) is 17.3 Å². The summed E-state index contributed by atoms with van der Waals surface area (Å²) in [4.78, 5) is 2.27. The van der Waals surface area contributed by atoms with Crippen molar-refractivity contribution < 1.29 is 13.7 Å². The van der Waals surface area contributed by atoms with E-state index in [0.29, 0.717) is 29.6 Å². The summed E-state index contributed by atoms with van der Waals surface area (Å²) in [6.07, 6.45) is 6.28. The molecule has 7 rings (SSSR count). The minimum absolute atomic E-state index is 0.127. The summed E-state index contributed by atoms with van der Waals surface area (Å²) in [5.74, 6) is 1.59.